The fourth-order valence-corrected chi connectivity index (χ4v) is 2.00. The summed E-state index contributed by atoms with van der Waals surface area (Å²) < 4.78 is 0. The number of hydrogen-bond acceptors (Lipinski definition) is 4. The molecule has 0 bridgehead atoms. The van der Waals surface area contributed by atoms with Crippen LogP contribution < -0.4 is 16.8 Å². The molecule has 0 fully saturated rings. The topological polar surface area (TPSA) is 94.0 Å². The van der Waals surface area contributed by atoms with Gasteiger partial charge in [-0.05, 0) is 24.1 Å². The molecule has 1 aromatic carbocycles. The van der Waals surface area contributed by atoms with Crippen LogP contribution in [-0.2, 0) is 6.42 Å². The monoisotopic (exact) mass is 270 g/mol. The van der Waals surface area contributed by atoms with Gasteiger partial charge in [0.2, 0.25) is 0 Å². The number of nitrogens with zero attached hydrogens (tertiary/aromatic N) is 1. The van der Waals surface area contributed by atoms with E-state index < -0.39 is 5.91 Å². The van der Waals surface area contributed by atoms with Crippen molar-refractivity contribution in [3.05, 3.63) is 59.8 Å². The van der Waals surface area contributed by atoms with Crippen LogP contribution in [0.1, 0.15) is 15.9 Å². The van der Waals surface area contributed by atoms with Crippen molar-refractivity contribution in [2.45, 2.75) is 12.5 Å². The van der Waals surface area contributed by atoms with Gasteiger partial charge in [0.1, 0.15) is 5.82 Å². The number of amides is 1. The number of carbonyl (C=O) groups excluding carboxylic acids is 1. The van der Waals surface area contributed by atoms with Crippen LogP contribution in [0.2, 0.25) is 0 Å². The smallest absolute Gasteiger partial charge is 0.252 e. The number of pyridine rings is 1. The Kier molecular flexibility index (Phi) is 4.68. The van der Waals surface area contributed by atoms with Gasteiger partial charge in [-0.25, -0.2) is 4.98 Å². The lowest BCUT2D eigenvalue weighted by Gasteiger charge is -2.18. The molecule has 104 valence electrons. The summed E-state index contributed by atoms with van der Waals surface area (Å²) in [4.78, 5) is 15.5. The predicted octanol–water partition coefficient (Wildman–Crippen LogP) is 1.16. The molecule has 0 aliphatic carbocycles. The number of rotatable bonds is 6. The third kappa shape index (κ3) is 3.55. The number of carbonyl (C=O) groups is 1. The highest BCUT2D eigenvalue weighted by molar-refractivity contribution is 5.97. The first-order valence-corrected chi connectivity index (χ1v) is 6.46. The van der Waals surface area contributed by atoms with Crippen LogP contribution in [0.3, 0.4) is 0 Å². The molecule has 0 aliphatic heterocycles. The first-order chi connectivity index (χ1) is 9.70. The third-order valence-electron chi connectivity index (χ3n) is 3.02. The van der Waals surface area contributed by atoms with Crippen LogP contribution in [0.5, 0.6) is 0 Å². The summed E-state index contributed by atoms with van der Waals surface area (Å²) in [6, 6.07) is 13.3. The maximum atomic E-state index is 11.4. The number of primary amides is 1. The Balaban J connectivity index is 2.13. The lowest BCUT2D eigenvalue weighted by molar-refractivity contribution is 0.100. The van der Waals surface area contributed by atoms with Crippen LogP contribution in [0.4, 0.5) is 5.82 Å². The largest absolute Gasteiger partial charge is 0.365 e. The highest BCUT2D eigenvalue weighted by Crippen LogP contribution is 2.13. The van der Waals surface area contributed by atoms with Crippen LogP contribution in [-0.4, -0.2) is 23.5 Å². The van der Waals surface area contributed by atoms with Crippen molar-refractivity contribution in [1.29, 1.82) is 0 Å². The van der Waals surface area contributed by atoms with E-state index in [1.54, 1.807) is 18.3 Å². The summed E-state index contributed by atoms with van der Waals surface area (Å²) in [6.45, 7) is 0.434. The molecular formula is C15H18N4O. The number of hydrogen-bond donors (Lipinski definition) is 3. The number of nitrogens with two attached hydrogens (primary N) is 2. The van der Waals surface area contributed by atoms with Crippen molar-refractivity contribution in [1.82, 2.24) is 4.98 Å². The summed E-state index contributed by atoms with van der Waals surface area (Å²) >= 11 is 0. The molecular weight excluding hydrogens is 252 g/mol. The minimum atomic E-state index is -0.504. The summed E-state index contributed by atoms with van der Waals surface area (Å²) in [7, 11) is 0. The molecule has 5 nitrogen and oxygen atoms in total. The van der Waals surface area contributed by atoms with E-state index in [0.29, 0.717) is 17.9 Å². The van der Waals surface area contributed by atoms with Gasteiger partial charge >= 0.3 is 0 Å². The second-order valence-electron chi connectivity index (χ2n) is 4.53. The first-order valence-electron chi connectivity index (χ1n) is 6.46. The first kappa shape index (κ1) is 14.0. The van der Waals surface area contributed by atoms with Gasteiger partial charge in [0.25, 0.3) is 5.91 Å². The fraction of sp³-hybridized carbons (Fsp3) is 0.200. The Hall–Kier alpha value is -2.40. The van der Waals surface area contributed by atoms with Crippen LogP contribution in [0.15, 0.2) is 48.7 Å². The Labute approximate surface area is 118 Å². The van der Waals surface area contributed by atoms with Crippen LogP contribution in [0, 0.1) is 0 Å². The molecule has 1 heterocycles. The Morgan fingerprint density at radius 2 is 1.95 bits per heavy atom. The predicted molar refractivity (Wildman–Crippen MR) is 79.4 cm³/mol. The van der Waals surface area contributed by atoms with Crippen LogP contribution >= 0.6 is 0 Å². The average molecular weight is 270 g/mol. The molecule has 0 aliphatic rings. The second-order valence-corrected chi connectivity index (χ2v) is 4.53. The van der Waals surface area contributed by atoms with Crippen molar-refractivity contribution in [2.24, 2.45) is 11.5 Å². The number of benzene rings is 1. The van der Waals surface area contributed by atoms with E-state index in [2.05, 4.69) is 10.3 Å². The molecule has 2 aromatic rings. The Morgan fingerprint density at radius 1 is 1.20 bits per heavy atom. The molecule has 0 spiro atoms. The quantitative estimate of drug-likeness (QED) is 0.734. The standard InChI is InChI=1S/C15H18N4O/c16-10-12(9-11-5-2-1-3-6-11)19-15-13(14(17)20)7-4-8-18-15/h1-8,12H,9-10,16H2,(H2,17,20)(H,18,19). The van der Waals surface area contributed by atoms with Gasteiger partial charge in [-0.1, -0.05) is 30.3 Å². The molecule has 0 saturated heterocycles. The third-order valence-corrected chi connectivity index (χ3v) is 3.02. The molecule has 0 saturated carbocycles. The summed E-state index contributed by atoms with van der Waals surface area (Å²) in [6.07, 6.45) is 2.37. The van der Waals surface area contributed by atoms with Crippen LogP contribution in [0.25, 0.3) is 0 Å². The van der Waals surface area contributed by atoms with Gasteiger partial charge in [-0.2, -0.15) is 0 Å². The molecule has 0 radical (unpaired) electrons. The minimum Gasteiger partial charge on any atom is -0.365 e. The van der Waals surface area contributed by atoms with E-state index >= 15 is 0 Å². The van der Waals surface area contributed by atoms with Gasteiger partial charge in [-0.15, -0.1) is 0 Å². The fourth-order valence-electron chi connectivity index (χ4n) is 2.00. The molecule has 1 atom stereocenters. The molecule has 5 heteroatoms. The maximum absolute atomic E-state index is 11.4. The van der Waals surface area contributed by atoms with E-state index in [0.717, 1.165) is 6.42 Å². The highest BCUT2D eigenvalue weighted by atomic mass is 16.1. The highest BCUT2D eigenvalue weighted by Gasteiger charge is 2.13. The molecule has 1 amide bonds. The molecule has 5 N–H and O–H groups in total. The number of anilines is 1. The van der Waals surface area contributed by atoms with Crippen molar-refractivity contribution >= 4 is 11.7 Å². The summed E-state index contributed by atoms with van der Waals surface area (Å²) in [5.74, 6) is -0.0255. The minimum absolute atomic E-state index is 0.00889. The normalized spacial score (nSPS) is 11.8. The van der Waals surface area contributed by atoms with Gasteiger partial charge < -0.3 is 16.8 Å². The van der Waals surface area contributed by atoms with Crippen molar-refractivity contribution in [2.75, 3.05) is 11.9 Å². The van der Waals surface area contributed by atoms with E-state index in [1.807, 2.05) is 30.3 Å². The van der Waals surface area contributed by atoms with Crippen molar-refractivity contribution in [3.63, 3.8) is 0 Å². The Morgan fingerprint density at radius 3 is 2.60 bits per heavy atom. The average Bonchev–Trinajstić information content (AvgIpc) is 2.48. The van der Waals surface area contributed by atoms with Gasteiger partial charge in [0.05, 0.1) is 5.56 Å². The van der Waals surface area contributed by atoms with E-state index in [1.165, 1.54) is 5.56 Å². The number of nitrogens with one attached hydrogen (secondary N) is 1. The van der Waals surface area contributed by atoms with Crippen molar-refractivity contribution in [3.8, 4) is 0 Å². The molecule has 20 heavy (non-hydrogen) atoms. The number of aromatic nitrogens is 1. The zero-order chi connectivity index (χ0) is 14.4. The lowest BCUT2D eigenvalue weighted by Crippen LogP contribution is -2.32. The summed E-state index contributed by atoms with van der Waals surface area (Å²) in [5, 5.41) is 3.19. The zero-order valence-electron chi connectivity index (χ0n) is 11.1. The maximum Gasteiger partial charge on any atom is 0.252 e. The van der Waals surface area contributed by atoms with E-state index in [-0.39, 0.29) is 6.04 Å². The molecule has 1 aromatic heterocycles. The molecule has 2 rings (SSSR count). The van der Waals surface area contributed by atoms with Crippen molar-refractivity contribution < 1.29 is 4.79 Å². The Bertz CT molecular complexity index is 571. The van der Waals surface area contributed by atoms with Gasteiger partial charge in [0, 0.05) is 18.8 Å². The second kappa shape index (κ2) is 6.68. The summed E-state index contributed by atoms with van der Waals surface area (Å²) in [5.41, 5.74) is 12.7. The molecule has 1 unspecified atom stereocenters. The van der Waals surface area contributed by atoms with Gasteiger partial charge in [0.15, 0.2) is 0 Å². The lowest BCUT2D eigenvalue weighted by atomic mass is 10.1. The van der Waals surface area contributed by atoms with E-state index in [4.69, 9.17) is 11.5 Å². The van der Waals surface area contributed by atoms with E-state index in [9.17, 15) is 4.79 Å². The van der Waals surface area contributed by atoms with Gasteiger partial charge in [-0.3, -0.25) is 4.79 Å². The zero-order valence-corrected chi connectivity index (χ0v) is 11.1. The SMILES string of the molecule is NCC(Cc1ccccc1)Nc1ncccc1C(N)=O.